The lowest BCUT2D eigenvalue weighted by Crippen LogP contribution is -2.44. The minimum atomic E-state index is -0.435. The molecule has 0 aliphatic heterocycles. The molecule has 170 valence electrons. The number of nitrogens with one attached hydrogen (secondary N) is 1. The maximum Gasteiger partial charge on any atom is 0.340 e. The molecule has 2 rings (SSSR count). The van der Waals surface area contributed by atoms with E-state index in [4.69, 9.17) is 16.7 Å². The van der Waals surface area contributed by atoms with E-state index in [9.17, 15) is 14.8 Å². The average Bonchev–Trinajstić information content (AvgIpc) is 2.73. The molecule has 30 heavy (non-hydrogen) atoms. The number of aromatic hydroxyl groups is 2. The molecular formula is C22H36ClN3O4. The minimum absolute atomic E-state index is 0.125. The number of urea groups is 1. The fourth-order valence-electron chi connectivity index (χ4n) is 3.42. The van der Waals surface area contributed by atoms with Crippen molar-refractivity contribution in [3.63, 3.8) is 0 Å². The number of carbonyl (C=O) groups excluding carboxylic acids is 1. The zero-order valence-electron chi connectivity index (χ0n) is 18.1. The Hall–Kier alpha value is -2.02. The highest BCUT2D eigenvalue weighted by Gasteiger charge is 2.22. The van der Waals surface area contributed by atoms with Crippen molar-refractivity contribution in [1.29, 1.82) is 0 Å². The Labute approximate surface area is 184 Å². The van der Waals surface area contributed by atoms with Gasteiger partial charge < -0.3 is 15.5 Å². The van der Waals surface area contributed by atoms with Gasteiger partial charge in [-0.2, -0.15) is 5.01 Å². The largest absolute Gasteiger partial charge is 0.508 e. The van der Waals surface area contributed by atoms with Crippen molar-refractivity contribution in [2.24, 2.45) is 11.2 Å². The normalized spacial score (nSPS) is 18.1. The Morgan fingerprint density at radius 3 is 2.47 bits per heavy atom. The molecule has 0 unspecified atom stereocenters. The first kappa shape index (κ1) is 26.0. The lowest BCUT2D eigenvalue weighted by Gasteiger charge is -2.27. The first-order chi connectivity index (χ1) is 14.4. The number of hydrogen-bond donors (Lipinski definition) is 3. The summed E-state index contributed by atoms with van der Waals surface area (Å²) in [6, 6.07) is 4.54. The highest BCUT2D eigenvalue weighted by Crippen LogP contribution is 2.24. The van der Waals surface area contributed by atoms with Gasteiger partial charge in [0.1, 0.15) is 11.5 Å². The van der Waals surface area contributed by atoms with Crippen LogP contribution in [0.2, 0.25) is 0 Å². The zero-order valence-corrected chi connectivity index (χ0v) is 18.9. The van der Waals surface area contributed by atoms with Gasteiger partial charge in [0.2, 0.25) is 0 Å². The summed E-state index contributed by atoms with van der Waals surface area (Å²) in [4.78, 5) is 22.0. The SMILES string of the molecule is CC1CCC(NC(=O)N(CCCl)N=O)CC1.CCCCCCc1ccc(O)cc1O. The van der Waals surface area contributed by atoms with Crippen LogP contribution in [0.3, 0.4) is 0 Å². The van der Waals surface area contributed by atoms with Crippen LogP contribution in [0.5, 0.6) is 11.5 Å². The highest BCUT2D eigenvalue weighted by atomic mass is 35.5. The minimum Gasteiger partial charge on any atom is -0.508 e. The van der Waals surface area contributed by atoms with Crippen molar-refractivity contribution in [1.82, 2.24) is 10.3 Å². The predicted molar refractivity (Wildman–Crippen MR) is 121 cm³/mol. The highest BCUT2D eigenvalue weighted by molar-refractivity contribution is 6.18. The summed E-state index contributed by atoms with van der Waals surface area (Å²) < 4.78 is 0. The van der Waals surface area contributed by atoms with Crippen molar-refractivity contribution in [3.05, 3.63) is 28.7 Å². The van der Waals surface area contributed by atoms with Crippen LogP contribution in [0.4, 0.5) is 4.79 Å². The number of halogens is 1. The molecule has 1 aromatic rings. The van der Waals surface area contributed by atoms with Crippen LogP contribution in [-0.4, -0.2) is 39.7 Å². The molecule has 0 atom stereocenters. The van der Waals surface area contributed by atoms with Crippen molar-refractivity contribution >= 4 is 17.6 Å². The number of phenolic OH excluding ortho intramolecular Hbond substituents is 2. The van der Waals surface area contributed by atoms with Gasteiger partial charge in [-0.05, 0) is 56.1 Å². The summed E-state index contributed by atoms with van der Waals surface area (Å²) in [6.07, 6.45) is 9.86. The third-order valence-electron chi connectivity index (χ3n) is 5.34. The summed E-state index contributed by atoms with van der Waals surface area (Å²) in [5, 5.41) is 24.9. The van der Waals surface area contributed by atoms with Gasteiger partial charge in [-0.3, -0.25) is 0 Å². The van der Waals surface area contributed by atoms with Gasteiger partial charge in [0.25, 0.3) is 0 Å². The monoisotopic (exact) mass is 441 g/mol. The van der Waals surface area contributed by atoms with Crippen molar-refractivity contribution in [2.45, 2.75) is 77.7 Å². The van der Waals surface area contributed by atoms with E-state index in [1.807, 2.05) is 0 Å². The van der Waals surface area contributed by atoms with E-state index in [1.54, 1.807) is 12.1 Å². The van der Waals surface area contributed by atoms with E-state index in [2.05, 4.69) is 24.5 Å². The Morgan fingerprint density at radius 2 is 1.90 bits per heavy atom. The number of benzene rings is 1. The maximum absolute atomic E-state index is 11.6. The smallest absolute Gasteiger partial charge is 0.340 e. The van der Waals surface area contributed by atoms with Crippen LogP contribution in [0.1, 0.15) is 70.8 Å². The van der Waals surface area contributed by atoms with Gasteiger partial charge >= 0.3 is 6.03 Å². The van der Waals surface area contributed by atoms with Crippen LogP contribution < -0.4 is 5.32 Å². The second-order valence-corrected chi connectivity index (χ2v) is 8.30. The molecule has 7 nitrogen and oxygen atoms in total. The molecule has 0 aromatic heterocycles. The summed E-state index contributed by atoms with van der Waals surface area (Å²) >= 11 is 5.46. The Kier molecular flexibility index (Phi) is 12.9. The molecule has 1 aliphatic carbocycles. The summed E-state index contributed by atoms with van der Waals surface area (Å²) in [5.74, 6) is 1.28. The number of alkyl halides is 1. The van der Waals surface area contributed by atoms with Crippen molar-refractivity contribution in [3.8, 4) is 11.5 Å². The quantitative estimate of drug-likeness (QED) is 0.197. The molecule has 1 fully saturated rings. The molecule has 1 aliphatic rings. The number of nitrogens with zero attached hydrogens (tertiary/aromatic N) is 2. The van der Waals surface area contributed by atoms with Crippen LogP contribution in [0, 0.1) is 10.8 Å². The molecule has 0 heterocycles. The third-order valence-corrected chi connectivity index (χ3v) is 5.51. The van der Waals surface area contributed by atoms with Gasteiger partial charge in [0, 0.05) is 18.0 Å². The van der Waals surface area contributed by atoms with Crippen LogP contribution in [0.25, 0.3) is 0 Å². The number of phenols is 2. The van der Waals surface area contributed by atoms with E-state index in [1.165, 1.54) is 25.3 Å². The second-order valence-electron chi connectivity index (χ2n) is 7.92. The fourth-order valence-corrected chi connectivity index (χ4v) is 3.58. The lowest BCUT2D eigenvalue weighted by molar-refractivity contribution is 0.191. The molecule has 1 saturated carbocycles. The Morgan fingerprint density at radius 1 is 1.20 bits per heavy atom. The molecule has 1 aromatic carbocycles. The number of amides is 2. The van der Waals surface area contributed by atoms with E-state index in [0.29, 0.717) is 0 Å². The standard InChI is InChI=1S/C12H18O2.C10H18ClN3O2/c1-2-3-4-5-6-10-7-8-11(13)9-12(10)14;1-8-2-4-9(5-3-8)12-10(15)14(13-16)7-6-11/h7-9,13-14H,2-6H2,1H3;8-9H,2-7H2,1H3,(H,12,15). The van der Waals surface area contributed by atoms with E-state index in [-0.39, 0.29) is 30.0 Å². The molecule has 0 spiro atoms. The van der Waals surface area contributed by atoms with E-state index >= 15 is 0 Å². The first-order valence-corrected chi connectivity index (χ1v) is 11.4. The average molecular weight is 442 g/mol. The topological polar surface area (TPSA) is 102 Å². The van der Waals surface area contributed by atoms with Crippen molar-refractivity contribution in [2.75, 3.05) is 12.4 Å². The van der Waals surface area contributed by atoms with Gasteiger partial charge in [-0.25, -0.2) is 4.79 Å². The second kappa shape index (κ2) is 14.9. The summed E-state index contributed by atoms with van der Waals surface area (Å²) in [6.45, 7) is 4.54. The van der Waals surface area contributed by atoms with Gasteiger partial charge in [0.05, 0.1) is 11.8 Å². The fraction of sp³-hybridized carbons (Fsp3) is 0.682. The number of unbranched alkanes of at least 4 members (excludes halogenated alkanes) is 3. The number of carbonyl (C=O) groups is 1. The third kappa shape index (κ3) is 10.1. The number of hydrogen-bond acceptors (Lipinski definition) is 5. The summed E-state index contributed by atoms with van der Waals surface area (Å²) in [5.41, 5.74) is 0.930. The number of nitroso groups, excluding NO2 is 1. The summed E-state index contributed by atoms with van der Waals surface area (Å²) in [7, 11) is 0. The zero-order chi connectivity index (χ0) is 22.4. The van der Waals surface area contributed by atoms with Gasteiger partial charge in [-0.1, -0.05) is 39.2 Å². The predicted octanol–water partition coefficient (Wildman–Crippen LogP) is 5.72. The molecule has 0 bridgehead atoms. The van der Waals surface area contributed by atoms with Crippen LogP contribution in [-0.2, 0) is 6.42 Å². The first-order valence-electron chi connectivity index (χ1n) is 10.9. The molecule has 3 N–H and O–H groups in total. The molecule has 8 heteroatoms. The van der Waals surface area contributed by atoms with Crippen LogP contribution in [0.15, 0.2) is 23.5 Å². The van der Waals surface area contributed by atoms with Crippen molar-refractivity contribution < 1.29 is 15.0 Å². The maximum atomic E-state index is 11.6. The number of aryl methyl sites for hydroxylation is 1. The lowest BCUT2D eigenvalue weighted by atomic mass is 9.87. The van der Waals surface area contributed by atoms with E-state index < -0.39 is 6.03 Å². The number of rotatable bonds is 9. The molecular weight excluding hydrogens is 406 g/mol. The molecule has 0 radical (unpaired) electrons. The molecule has 0 saturated heterocycles. The van der Waals surface area contributed by atoms with Crippen LogP contribution >= 0.6 is 11.6 Å². The molecule has 2 amide bonds. The van der Waals surface area contributed by atoms with Gasteiger partial charge in [0.15, 0.2) is 0 Å². The Bertz CT molecular complexity index is 637. The van der Waals surface area contributed by atoms with Gasteiger partial charge in [-0.15, -0.1) is 16.5 Å². The van der Waals surface area contributed by atoms with E-state index in [0.717, 1.165) is 55.0 Å². The Balaban J connectivity index is 0.000000303.